The number of rotatable bonds is 4. The maximum absolute atomic E-state index is 13.1. The summed E-state index contributed by atoms with van der Waals surface area (Å²) in [4.78, 5) is 23.3. The lowest BCUT2D eigenvalue weighted by atomic mass is 10.1. The summed E-state index contributed by atoms with van der Waals surface area (Å²) in [6.07, 6.45) is 0.161. The Balaban J connectivity index is 2.46. The first-order valence-corrected chi connectivity index (χ1v) is 6.33. The highest BCUT2D eigenvalue weighted by Gasteiger charge is 2.14. The topological polar surface area (TPSA) is 84.2 Å². The molecule has 0 heterocycles. The molecule has 0 saturated heterocycles. The Morgan fingerprint density at radius 2 is 1.90 bits per heavy atom. The summed E-state index contributed by atoms with van der Waals surface area (Å²) >= 11 is 0. The fourth-order valence-electron chi connectivity index (χ4n) is 1.62. The monoisotopic (exact) mass is 281 g/mol. The van der Waals surface area contributed by atoms with Crippen LogP contribution in [0.1, 0.15) is 37.6 Å². The van der Waals surface area contributed by atoms with Gasteiger partial charge in [0.05, 0.1) is 0 Å². The second-order valence-electron chi connectivity index (χ2n) is 5.58. The van der Waals surface area contributed by atoms with E-state index in [1.807, 2.05) is 20.8 Å². The number of carbonyl (C=O) groups excluding carboxylic acids is 2. The molecule has 110 valence electrons. The maximum atomic E-state index is 13.1. The number of hydrogen-bond acceptors (Lipinski definition) is 3. The van der Waals surface area contributed by atoms with Gasteiger partial charge < -0.3 is 16.4 Å². The van der Waals surface area contributed by atoms with Crippen molar-refractivity contribution in [1.82, 2.24) is 10.6 Å². The molecule has 20 heavy (non-hydrogen) atoms. The van der Waals surface area contributed by atoms with Crippen LogP contribution in [0.25, 0.3) is 0 Å². The van der Waals surface area contributed by atoms with Crippen molar-refractivity contribution in [2.45, 2.75) is 32.7 Å². The number of amides is 2. The Morgan fingerprint density at radius 1 is 1.25 bits per heavy atom. The van der Waals surface area contributed by atoms with Gasteiger partial charge in [-0.05, 0) is 39.0 Å². The molecule has 6 heteroatoms. The third-order valence-electron chi connectivity index (χ3n) is 2.33. The Bertz CT molecular complexity index is 489. The fourth-order valence-corrected chi connectivity index (χ4v) is 1.62. The van der Waals surface area contributed by atoms with Gasteiger partial charge in [0.25, 0.3) is 5.91 Å². The summed E-state index contributed by atoms with van der Waals surface area (Å²) in [5, 5.41) is 5.33. The van der Waals surface area contributed by atoms with E-state index in [9.17, 15) is 14.0 Å². The first-order chi connectivity index (χ1) is 9.17. The number of nitrogen functional groups attached to an aromatic ring is 1. The number of nitrogens with one attached hydrogen (secondary N) is 2. The quantitative estimate of drug-likeness (QED) is 0.730. The molecule has 0 bridgehead atoms. The molecular weight excluding hydrogens is 261 g/mol. The van der Waals surface area contributed by atoms with Crippen molar-refractivity contribution < 1.29 is 14.0 Å². The number of nitrogens with two attached hydrogens (primary N) is 1. The largest absolute Gasteiger partial charge is 0.399 e. The highest BCUT2D eigenvalue weighted by Crippen LogP contribution is 2.10. The van der Waals surface area contributed by atoms with E-state index in [0.29, 0.717) is 0 Å². The zero-order chi connectivity index (χ0) is 15.3. The van der Waals surface area contributed by atoms with Crippen LogP contribution in [0.15, 0.2) is 18.2 Å². The summed E-state index contributed by atoms with van der Waals surface area (Å²) in [6.45, 7) is 5.80. The van der Waals surface area contributed by atoms with E-state index < -0.39 is 11.7 Å². The molecule has 1 aromatic carbocycles. The van der Waals surface area contributed by atoms with Gasteiger partial charge in [-0.1, -0.05) is 0 Å². The lowest BCUT2D eigenvalue weighted by Crippen LogP contribution is -2.42. The molecule has 0 aromatic heterocycles. The summed E-state index contributed by atoms with van der Waals surface area (Å²) in [6, 6.07) is 3.61. The van der Waals surface area contributed by atoms with Crippen molar-refractivity contribution in [1.29, 1.82) is 0 Å². The molecule has 0 aliphatic carbocycles. The van der Waals surface area contributed by atoms with Crippen LogP contribution in [0.2, 0.25) is 0 Å². The standard InChI is InChI=1S/C14H20FN3O2/c1-14(2,3)18-12(19)4-5-17-13(20)9-6-10(15)8-11(16)7-9/h6-8H,4-5,16H2,1-3H3,(H,17,20)(H,18,19). The third-order valence-corrected chi connectivity index (χ3v) is 2.33. The van der Waals surface area contributed by atoms with Gasteiger partial charge >= 0.3 is 0 Å². The Kier molecular flexibility index (Phi) is 5.07. The van der Waals surface area contributed by atoms with Crippen LogP contribution in [-0.2, 0) is 4.79 Å². The van der Waals surface area contributed by atoms with Gasteiger partial charge in [-0.15, -0.1) is 0 Å². The number of halogens is 1. The van der Waals surface area contributed by atoms with Crippen LogP contribution in [0.4, 0.5) is 10.1 Å². The molecular formula is C14H20FN3O2. The second kappa shape index (κ2) is 6.36. The number of hydrogen-bond donors (Lipinski definition) is 3. The third kappa shape index (κ3) is 5.69. The first kappa shape index (κ1) is 15.9. The van der Waals surface area contributed by atoms with E-state index in [0.717, 1.165) is 12.1 Å². The van der Waals surface area contributed by atoms with Gasteiger partial charge in [0, 0.05) is 29.8 Å². The molecule has 0 unspecified atom stereocenters. The first-order valence-electron chi connectivity index (χ1n) is 6.33. The normalized spacial score (nSPS) is 11.0. The maximum Gasteiger partial charge on any atom is 0.251 e. The molecule has 0 fully saturated rings. The lowest BCUT2D eigenvalue weighted by Gasteiger charge is -2.20. The summed E-state index contributed by atoms with van der Waals surface area (Å²) in [7, 11) is 0. The van der Waals surface area contributed by atoms with Crippen LogP contribution in [-0.4, -0.2) is 23.9 Å². The van der Waals surface area contributed by atoms with E-state index >= 15 is 0 Å². The Labute approximate surface area is 117 Å². The van der Waals surface area contributed by atoms with Crippen LogP contribution in [0.3, 0.4) is 0 Å². The molecule has 1 rings (SSSR count). The molecule has 5 nitrogen and oxygen atoms in total. The van der Waals surface area contributed by atoms with Crippen molar-refractivity contribution in [2.24, 2.45) is 0 Å². The minimum absolute atomic E-state index is 0.138. The summed E-state index contributed by atoms with van der Waals surface area (Å²) in [5.74, 6) is -1.18. The lowest BCUT2D eigenvalue weighted by molar-refractivity contribution is -0.122. The molecule has 0 aliphatic heterocycles. The van der Waals surface area contributed by atoms with E-state index in [1.54, 1.807) is 0 Å². The Hall–Kier alpha value is -2.11. The van der Waals surface area contributed by atoms with Gasteiger partial charge in [0.1, 0.15) is 5.82 Å². The molecule has 0 saturated carbocycles. The predicted molar refractivity (Wildman–Crippen MR) is 75.7 cm³/mol. The van der Waals surface area contributed by atoms with Crippen molar-refractivity contribution in [3.8, 4) is 0 Å². The van der Waals surface area contributed by atoms with Crippen LogP contribution >= 0.6 is 0 Å². The summed E-state index contributed by atoms with van der Waals surface area (Å²) in [5.41, 5.74) is 5.47. The molecule has 2 amide bonds. The molecule has 0 atom stereocenters. The molecule has 0 aliphatic rings. The van der Waals surface area contributed by atoms with Crippen molar-refractivity contribution in [3.63, 3.8) is 0 Å². The van der Waals surface area contributed by atoms with Crippen molar-refractivity contribution in [3.05, 3.63) is 29.6 Å². The van der Waals surface area contributed by atoms with Crippen LogP contribution in [0, 0.1) is 5.82 Å². The minimum atomic E-state index is -0.569. The zero-order valence-electron chi connectivity index (χ0n) is 11.9. The smallest absolute Gasteiger partial charge is 0.251 e. The van der Waals surface area contributed by atoms with Gasteiger partial charge in [-0.2, -0.15) is 0 Å². The average Bonchev–Trinajstić information content (AvgIpc) is 2.24. The van der Waals surface area contributed by atoms with Crippen LogP contribution < -0.4 is 16.4 Å². The van der Waals surface area contributed by atoms with E-state index in [2.05, 4.69) is 10.6 Å². The predicted octanol–water partition coefficient (Wildman–Crippen LogP) is 1.44. The van der Waals surface area contributed by atoms with E-state index in [-0.39, 0.29) is 35.7 Å². The molecule has 0 spiro atoms. The highest BCUT2D eigenvalue weighted by atomic mass is 19.1. The van der Waals surface area contributed by atoms with Crippen molar-refractivity contribution >= 4 is 17.5 Å². The van der Waals surface area contributed by atoms with Gasteiger partial charge in [-0.25, -0.2) is 4.39 Å². The van der Waals surface area contributed by atoms with Gasteiger partial charge in [-0.3, -0.25) is 9.59 Å². The second-order valence-corrected chi connectivity index (χ2v) is 5.58. The Morgan fingerprint density at radius 3 is 2.45 bits per heavy atom. The number of carbonyl (C=O) groups is 2. The van der Waals surface area contributed by atoms with E-state index in [1.165, 1.54) is 6.07 Å². The number of anilines is 1. The molecule has 4 N–H and O–H groups in total. The fraction of sp³-hybridized carbons (Fsp3) is 0.429. The highest BCUT2D eigenvalue weighted by molar-refractivity contribution is 5.95. The van der Waals surface area contributed by atoms with E-state index in [4.69, 9.17) is 5.73 Å². The van der Waals surface area contributed by atoms with Crippen LogP contribution in [0.5, 0.6) is 0 Å². The molecule has 1 aromatic rings. The zero-order valence-corrected chi connectivity index (χ0v) is 11.9. The minimum Gasteiger partial charge on any atom is -0.399 e. The molecule has 0 radical (unpaired) electrons. The van der Waals surface area contributed by atoms with Crippen molar-refractivity contribution in [2.75, 3.05) is 12.3 Å². The van der Waals surface area contributed by atoms with Gasteiger partial charge in [0.15, 0.2) is 0 Å². The SMILES string of the molecule is CC(C)(C)NC(=O)CCNC(=O)c1cc(N)cc(F)c1. The summed E-state index contributed by atoms with van der Waals surface area (Å²) < 4.78 is 13.1. The average molecular weight is 281 g/mol. The number of benzene rings is 1. The van der Waals surface area contributed by atoms with Gasteiger partial charge in [0.2, 0.25) is 5.91 Å².